The normalized spacial score (nSPS) is 20.1. The largest absolute Gasteiger partial charge is 0.467 e. The maximum absolute atomic E-state index is 13.8. The van der Waals surface area contributed by atoms with E-state index in [2.05, 4.69) is 21.3 Å². The van der Waals surface area contributed by atoms with Crippen molar-refractivity contribution in [2.24, 2.45) is 23.7 Å². The number of carbonyl (C=O) groups is 5. The Morgan fingerprint density at radius 3 is 1.75 bits per heavy atom. The van der Waals surface area contributed by atoms with Crippen LogP contribution in [0, 0.1) is 23.7 Å². The van der Waals surface area contributed by atoms with Gasteiger partial charge < -0.3 is 26.0 Å². The lowest BCUT2D eigenvalue weighted by molar-refractivity contribution is -0.147. The maximum Gasteiger partial charge on any atom is 0.328 e. The van der Waals surface area contributed by atoms with Gasteiger partial charge in [0, 0.05) is 11.6 Å². The van der Waals surface area contributed by atoms with Crippen molar-refractivity contribution in [2.45, 2.75) is 105 Å². The number of fused-ring (bicyclic) bond motifs is 1. The first kappa shape index (κ1) is 36.5. The molecule has 1 aliphatic rings. The zero-order valence-electron chi connectivity index (χ0n) is 27.8. The van der Waals surface area contributed by atoms with E-state index in [9.17, 15) is 24.0 Å². The molecule has 0 radical (unpaired) electrons. The van der Waals surface area contributed by atoms with E-state index in [0.29, 0.717) is 36.0 Å². The highest BCUT2D eigenvalue weighted by Crippen LogP contribution is 2.31. The van der Waals surface area contributed by atoms with Gasteiger partial charge in [-0.1, -0.05) is 99.3 Å². The summed E-state index contributed by atoms with van der Waals surface area (Å²) in [7, 11) is 1.28. The summed E-state index contributed by atoms with van der Waals surface area (Å²) in [6, 6.07) is 4.10. The molecule has 244 valence electrons. The van der Waals surface area contributed by atoms with Crippen LogP contribution in [0.15, 0.2) is 30.3 Å². The molecular formula is C34H52N4O6. The van der Waals surface area contributed by atoms with Gasteiger partial charge in [-0.2, -0.15) is 0 Å². The molecular weight excluding hydrogens is 560 g/mol. The van der Waals surface area contributed by atoms with Crippen LogP contribution in [-0.4, -0.2) is 60.9 Å². The highest BCUT2D eigenvalue weighted by molar-refractivity contribution is 6.07. The second-order valence-electron chi connectivity index (χ2n) is 12.1. The lowest BCUT2D eigenvalue weighted by atomic mass is 9.82. The molecule has 1 aliphatic heterocycles. The van der Waals surface area contributed by atoms with Crippen molar-refractivity contribution < 1.29 is 28.7 Å². The lowest BCUT2D eigenvalue weighted by Crippen LogP contribution is -2.59. The van der Waals surface area contributed by atoms with E-state index in [0.717, 1.165) is 6.42 Å². The van der Waals surface area contributed by atoms with E-state index in [1.165, 1.54) is 13.2 Å². The highest BCUT2D eigenvalue weighted by atomic mass is 16.5. The molecule has 0 aromatic heterocycles. The van der Waals surface area contributed by atoms with Crippen LogP contribution in [0.2, 0.25) is 0 Å². The molecule has 4 amide bonds. The van der Waals surface area contributed by atoms with Gasteiger partial charge in [-0.25, -0.2) is 4.79 Å². The first-order valence-corrected chi connectivity index (χ1v) is 16.0. The van der Waals surface area contributed by atoms with Gasteiger partial charge >= 0.3 is 5.97 Å². The Bertz CT molecular complexity index is 1210. The molecule has 10 heteroatoms. The van der Waals surface area contributed by atoms with Crippen molar-refractivity contribution in [1.29, 1.82) is 0 Å². The molecule has 4 N–H and O–H groups in total. The topological polar surface area (TPSA) is 143 Å². The van der Waals surface area contributed by atoms with Crippen molar-refractivity contribution >= 4 is 35.2 Å². The number of esters is 1. The molecule has 0 unspecified atom stereocenters. The lowest BCUT2D eigenvalue weighted by Gasteiger charge is -2.33. The summed E-state index contributed by atoms with van der Waals surface area (Å²) < 4.78 is 4.91. The van der Waals surface area contributed by atoms with Gasteiger partial charge in [-0.3, -0.25) is 19.2 Å². The smallest absolute Gasteiger partial charge is 0.328 e. The number of hydrogen-bond donors (Lipinski definition) is 4. The number of ether oxygens (including phenoxy) is 1. The minimum Gasteiger partial charge on any atom is -0.467 e. The molecule has 0 aliphatic carbocycles. The Labute approximate surface area is 262 Å². The number of rotatable bonds is 15. The zero-order chi connectivity index (χ0) is 33.1. The van der Waals surface area contributed by atoms with Crippen LogP contribution in [0.1, 0.15) is 97.0 Å². The molecule has 0 spiro atoms. The first-order valence-electron chi connectivity index (χ1n) is 16.0. The van der Waals surface area contributed by atoms with Crippen molar-refractivity contribution in [3.05, 3.63) is 41.5 Å². The van der Waals surface area contributed by atoms with E-state index in [-0.39, 0.29) is 35.6 Å². The fourth-order valence-corrected chi connectivity index (χ4v) is 5.27. The summed E-state index contributed by atoms with van der Waals surface area (Å²) in [4.78, 5) is 66.0. The summed E-state index contributed by atoms with van der Waals surface area (Å²) in [5.41, 5.74) is 1.87. The van der Waals surface area contributed by atoms with Gasteiger partial charge in [0.1, 0.15) is 18.1 Å². The Morgan fingerprint density at radius 2 is 1.25 bits per heavy atom. The maximum atomic E-state index is 13.8. The quantitative estimate of drug-likeness (QED) is 0.174. The molecule has 0 saturated carbocycles. The van der Waals surface area contributed by atoms with Crippen molar-refractivity contribution in [2.75, 3.05) is 7.11 Å². The van der Waals surface area contributed by atoms with Gasteiger partial charge in [0.15, 0.2) is 0 Å². The summed E-state index contributed by atoms with van der Waals surface area (Å²) >= 11 is 0. The molecule has 1 aromatic rings. The van der Waals surface area contributed by atoms with Gasteiger partial charge in [0.05, 0.1) is 13.2 Å². The molecule has 2 rings (SSSR count). The summed E-state index contributed by atoms with van der Waals surface area (Å²) in [6.07, 6.45) is 4.10. The van der Waals surface area contributed by atoms with Gasteiger partial charge in [-0.05, 0) is 40.9 Å². The Kier molecular flexibility index (Phi) is 14.1. The van der Waals surface area contributed by atoms with Crippen LogP contribution in [0.3, 0.4) is 0 Å². The van der Waals surface area contributed by atoms with E-state index < -0.39 is 41.8 Å². The standard InChI is InChI=1S/C34H52N4O6/c1-10-19(5)27-25(23-16-14-15-17-24(23)31(40)36-27)18-26(39)35-28(20(6)11-2)32(41)37-29(21(7)12-3)33(42)38-30(22(8)13-4)34(43)44-9/h14-22,27-30H,10-13H2,1-9H3,(H,35,39)(H,36,40)(H,37,41)(H,38,42)/t19-,20-,21-,22-,27-,28-,29-,30-/m0/s1. The van der Waals surface area contributed by atoms with E-state index in [1.807, 2.05) is 67.5 Å². The third-order valence-electron chi connectivity index (χ3n) is 9.16. The number of amides is 4. The van der Waals surface area contributed by atoms with Gasteiger partial charge in [-0.15, -0.1) is 0 Å². The first-order chi connectivity index (χ1) is 20.8. The molecule has 44 heavy (non-hydrogen) atoms. The van der Waals surface area contributed by atoms with Gasteiger partial charge in [0.2, 0.25) is 17.7 Å². The number of hydrogen-bond acceptors (Lipinski definition) is 6. The summed E-state index contributed by atoms with van der Waals surface area (Å²) in [5, 5.41) is 11.6. The van der Waals surface area contributed by atoms with Crippen LogP contribution in [0.25, 0.3) is 5.57 Å². The Balaban J connectivity index is 2.38. The SMILES string of the molecule is CC[C@H](C)[C@H](NC(=O)C=C1c2ccccc2C(=O)N[C@H]1[C@@H](C)CC)C(=O)N[C@H](C(=O)N[C@H](C(=O)OC)[C@@H](C)CC)[C@@H](C)CC. The van der Waals surface area contributed by atoms with E-state index in [1.54, 1.807) is 12.1 Å². The fourth-order valence-electron chi connectivity index (χ4n) is 5.27. The molecule has 1 heterocycles. The minimum atomic E-state index is -0.930. The predicted molar refractivity (Wildman–Crippen MR) is 171 cm³/mol. The zero-order valence-corrected chi connectivity index (χ0v) is 27.8. The number of nitrogens with one attached hydrogen (secondary N) is 4. The number of benzene rings is 1. The second-order valence-corrected chi connectivity index (χ2v) is 12.1. The monoisotopic (exact) mass is 612 g/mol. The Hall–Kier alpha value is -3.69. The molecule has 0 fully saturated rings. The number of carbonyl (C=O) groups excluding carboxylic acids is 5. The molecule has 10 nitrogen and oxygen atoms in total. The average Bonchev–Trinajstić information content (AvgIpc) is 3.03. The molecule has 0 saturated heterocycles. The van der Waals surface area contributed by atoms with Crippen molar-refractivity contribution in [3.63, 3.8) is 0 Å². The number of methoxy groups -OCH3 is 1. The van der Waals surface area contributed by atoms with Crippen LogP contribution in [-0.2, 0) is 23.9 Å². The van der Waals surface area contributed by atoms with Crippen LogP contribution in [0.5, 0.6) is 0 Å². The van der Waals surface area contributed by atoms with E-state index >= 15 is 0 Å². The molecule has 8 atom stereocenters. The Morgan fingerprint density at radius 1 is 0.773 bits per heavy atom. The van der Waals surface area contributed by atoms with Crippen LogP contribution >= 0.6 is 0 Å². The molecule has 1 aromatic carbocycles. The van der Waals surface area contributed by atoms with E-state index in [4.69, 9.17) is 4.74 Å². The highest BCUT2D eigenvalue weighted by Gasteiger charge is 2.36. The summed E-state index contributed by atoms with van der Waals surface area (Å²) in [6.45, 7) is 15.4. The molecule has 0 bridgehead atoms. The van der Waals surface area contributed by atoms with Crippen LogP contribution < -0.4 is 21.3 Å². The van der Waals surface area contributed by atoms with Gasteiger partial charge in [0.25, 0.3) is 5.91 Å². The predicted octanol–water partition coefficient (Wildman–Crippen LogP) is 3.99. The third kappa shape index (κ3) is 8.92. The van der Waals surface area contributed by atoms with Crippen molar-refractivity contribution in [3.8, 4) is 0 Å². The fraction of sp³-hybridized carbons (Fsp3) is 0.618. The second kappa shape index (κ2) is 17.0. The average molecular weight is 613 g/mol. The van der Waals surface area contributed by atoms with Crippen LogP contribution in [0.4, 0.5) is 0 Å². The summed E-state index contributed by atoms with van der Waals surface area (Å²) in [5.74, 6) is -2.76. The minimum absolute atomic E-state index is 0.0686. The third-order valence-corrected chi connectivity index (χ3v) is 9.16. The van der Waals surface area contributed by atoms with Crippen molar-refractivity contribution in [1.82, 2.24) is 21.3 Å².